The van der Waals surface area contributed by atoms with Crippen LogP contribution in [0.1, 0.15) is 25.7 Å². The molecule has 0 aromatic rings. The maximum Gasteiger partial charge on any atom is 0.123 e. The Morgan fingerprint density at radius 2 is 1.90 bits per heavy atom. The van der Waals surface area contributed by atoms with Crippen molar-refractivity contribution in [2.75, 3.05) is 0 Å². The highest BCUT2D eigenvalue weighted by Gasteiger charge is 2.19. The van der Waals surface area contributed by atoms with Gasteiger partial charge >= 0.3 is 0 Å². The molecular weight excluding hydrogens is 126 g/mol. The summed E-state index contributed by atoms with van der Waals surface area (Å²) < 4.78 is 0. The molecular formula is C8H11NO. The quantitative estimate of drug-likeness (QED) is 0.514. The number of rotatable bonds is 1. The van der Waals surface area contributed by atoms with Crippen LogP contribution in [-0.2, 0) is 4.79 Å². The average Bonchev–Trinajstić information content (AvgIpc) is 2.05. The van der Waals surface area contributed by atoms with Gasteiger partial charge in [0.15, 0.2) is 0 Å². The van der Waals surface area contributed by atoms with Gasteiger partial charge in [-0.3, -0.25) is 0 Å². The van der Waals surface area contributed by atoms with Crippen LogP contribution in [0.3, 0.4) is 0 Å². The van der Waals surface area contributed by atoms with Gasteiger partial charge in [0.05, 0.1) is 6.07 Å². The second kappa shape index (κ2) is 3.36. The first-order valence-electron chi connectivity index (χ1n) is 3.71. The maximum atomic E-state index is 10.3. The molecule has 1 rings (SSSR count). The molecule has 54 valence electrons. The van der Waals surface area contributed by atoms with Gasteiger partial charge in [0.2, 0.25) is 0 Å². The number of carbonyl (C=O) groups is 1. The van der Waals surface area contributed by atoms with Crippen LogP contribution in [0.2, 0.25) is 0 Å². The van der Waals surface area contributed by atoms with Crippen LogP contribution in [0, 0.1) is 23.2 Å². The lowest BCUT2D eigenvalue weighted by Crippen LogP contribution is -2.13. The first-order chi connectivity index (χ1) is 4.86. The van der Waals surface area contributed by atoms with Crippen molar-refractivity contribution in [2.24, 2.45) is 11.8 Å². The molecule has 0 atom stereocenters. The minimum absolute atomic E-state index is 0.219. The number of hydrogen-bond donors (Lipinski definition) is 0. The van der Waals surface area contributed by atoms with Crippen LogP contribution in [0.4, 0.5) is 0 Å². The molecule has 0 N–H and O–H groups in total. The van der Waals surface area contributed by atoms with E-state index in [4.69, 9.17) is 5.26 Å². The summed E-state index contributed by atoms with van der Waals surface area (Å²) >= 11 is 0. The van der Waals surface area contributed by atoms with Crippen molar-refractivity contribution in [3.63, 3.8) is 0 Å². The summed E-state index contributed by atoms with van der Waals surface area (Å²) in [7, 11) is 0. The largest absolute Gasteiger partial charge is 0.303 e. The van der Waals surface area contributed by atoms with Crippen LogP contribution < -0.4 is 0 Å². The van der Waals surface area contributed by atoms with Crippen LogP contribution >= 0.6 is 0 Å². The molecule has 0 aliphatic heterocycles. The Labute approximate surface area is 60.8 Å². The molecule has 10 heavy (non-hydrogen) atoms. The Kier molecular flexibility index (Phi) is 2.44. The molecule has 1 fully saturated rings. The van der Waals surface area contributed by atoms with E-state index in [2.05, 4.69) is 6.07 Å². The first kappa shape index (κ1) is 7.27. The number of nitrogens with zero attached hydrogens (tertiary/aromatic N) is 1. The highest BCUT2D eigenvalue weighted by Crippen LogP contribution is 2.26. The third-order valence-corrected chi connectivity index (χ3v) is 2.15. The Morgan fingerprint density at radius 3 is 2.30 bits per heavy atom. The Bertz CT molecular complexity index is 151. The van der Waals surface area contributed by atoms with E-state index in [-0.39, 0.29) is 11.8 Å². The SMILES string of the molecule is N#C[C@H]1CC[C@H](C=O)CC1. The van der Waals surface area contributed by atoms with Crippen LogP contribution in [0.15, 0.2) is 0 Å². The zero-order valence-electron chi connectivity index (χ0n) is 5.92. The zero-order chi connectivity index (χ0) is 7.40. The molecule has 0 radical (unpaired) electrons. The molecule has 0 aromatic carbocycles. The predicted molar refractivity (Wildman–Crippen MR) is 37.1 cm³/mol. The summed E-state index contributed by atoms with van der Waals surface area (Å²) in [5.41, 5.74) is 0. The molecule has 2 heteroatoms. The lowest BCUT2D eigenvalue weighted by Gasteiger charge is -2.19. The average molecular weight is 137 g/mol. The summed E-state index contributed by atoms with van der Waals surface area (Å²) in [5, 5.41) is 8.51. The monoisotopic (exact) mass is 137 g/mol. The molecule has 0 heterocycles. The van der Waals surface area contributed by atoms with Gasteiger partial charge in [0.25, 0.3) is 0 Å². The van der Waals surface area contributed by atoms with E-state index in [0.717, 1.165) is 32.0 Å². The van der Waals surface area contributed by atoms with E-state index >= 15 is 0 Å². The Hall–Kier alpha value is -0.840. The molecule has 0 bridgehead atoms. The van der Waals surface area contributed by atoms with E-state index < -0.39 is 0 Å². The number of hydrogen-bond acceptors (Lipinski definition) is 2. The fourth-order valence-corrected chi connectivity index (χ4v) is 1.38. The molecule has 1 saturated carbocycles. The highest BCUT2D eigenvalue weighted by atomic mass is 16.1. The van der Waals surface area contributed by atoms with E-state index in [1.54, 1.807) is 0 Å². The normalized spacial score (nSPS) is 32.7. The molecule has 2 nitrogen and oxygen atoms in total. The standard InChI is InChI=1S/C8H11NO/c9-5-7-1-3-8(6-10)4-2-7/h6-8H,1-4H2/t7-,8-. The van der Waals surface area contributed by atoms with Crippen molar-refractivity contribution in [3.8, 4) is 6.07 Å². The van der Waals surface area contributed by atoms with Gasteiger partial charge in [-0.15, -0.1) is 0 Å². The van der Waals surface area contributed by atoms with Gasteiger partial charge in [0, 0.05) is 11.8 Å². The molecule has 0 unspecified atom stereocenters. The predicted octanol–water partition coefficient (Wildman–Crippen LogP) is 1.52. The lowest BCUT2D eigenvalue weighted by atomic mass is 9.84. The number of carbonyl (C=O) groups excluding carboxylic acids is 1. The number of nitriles is 1. The van der Waals surface area contributed by atoms with Crippen molar-refractivity contribution in [1.29, 1.82) is 5.26 Å². The van der Waals surface area contributed by atoms with Crippen molar-refractivity contribution in [1.82, 2.24) is 0 Å². The first-order valence-corrected chi connectivity index (χ1v) is 3.71. The van der Waals surface area contributed by atoms with Gasteiger partial charge in [-0.05, 0) is 25.7 Å². The van der Waals surface area contributed by atoms with Gasteiger partial charge in [-0.2, -0.15) is 5.26 Å². The molecule has 0 aromatic heterocycles. The summed E-state index contributed by atoms with van der Waals surface area (Å²) in [6, 6.07) is 2.23. The highest BCUT2D eigenvalue weighted by molar-refractivity contribution is 5.53. The summed E-state index contributed by atoms with van der Waals surface area (Å²) in [4.78, 5) is 10.3. The van der Waals surface area contributed by atoms with Gasteiger partial charge in [0.1, 0.15) is 6.29 Å². The summed E-state index contributed by atoms with van der Waals surface area (Å²) in [6.07, 6.45) is 4.69. The fourth-order valence-electron chi connectivity index (χ4n) is 1.38. The Balaban J connectivity index is 2.32. The second-order valence-electron chi connectivity index (χ2n) is 2.88. The van der Waals surface area contributed by atoms with Crippen LogP contribution in [-0.4, -0.2) is 6.29 Å². The lowest BCUT2D eigenvalue weighted by molar-refractivity contribution is -0.112. The molecule has 0 saturated heterocycles. The third-order valence-electron chi connectivity index (χ3n) is 2.15. The van der Waals surface area contributed by atoms with Gasteiger partial charge in [-0.25, -0.2) is 0 Å². The molecule has 0 amide bonds. The minimum Gasteiger partial charge on any atom is -0.303 e. The van der Waals surface area contributed by atoms with Crippen LogP contribution in [0.5, 0.6) is 0 Å². The summed E-state index contributed by atoms with van der Waals surface area (Å²) in [5.74, 6) is 0.459. The smallest absolute Gasteiger partial charge is 0.123 e. The van der Waals surface area contributed by atoms with Crippen molar-refractivity contribution in [3.05, 3.63) is 0 Å². The molecule has 1 aliphatic rings. The van der Waals surface area contributed by atoms with E-state index in [0.29, 0.717) is 0 Å². The zero-order valence-corrected chi connectivity index (χ0v) is 5.92. The van der Waals surface area contributed by atoms with Gasteiger partial charge < -0.3 is 4.79 Å². The van der Waals surface area contributed by atoms with E-state index in [9.17, 15) is 4.79 Å². The maximum absolute atomic E-state index is 10.3. The van der Waals surface area contributed by atoms with Crippen molar-refractivity contribution < 1.29 is 4.79 Å². The fraction of sp³-hybridized carbons (Fsp3) is 0.750. The van der Waals surface area contributed by atoms with E-state index in [1.807, 2.05) is 0 Å². The third kappa shape index (κ3) is 1.57. The molecule has 0 spiro atoms. The second-order valence-corrected chi connectivity index (χ2v) is 2.88. The van der Waals surface area contributed by atoms with Gasteiger partial charge in [-0.1, -0.05) is 0 Å². The Morgan fingerprint density at radius 1 is 1.30 bits per heavy atom. The number of aldehydes is 1. The topological polar surface area (TPSA) is 40.9 Å². The van der Waals surface area contributed by atoms with E-state index in [1.165, 1.54) is 0 Å². The van der Waals surface area contributed by atoms with Crippen LogP contribution in [0.25, 0.3) is 0 Å². The van der Waals surface area contributed by atoms with Crippen molar-refractivity contribution >= 4 is 6.29 Å². The molecule has 1 aliphatic carbocycles. The van der Waals surface area contributed by atoms with Crippen molar-refractivity contribution in [2.45, 2.75) is 25.7 Å². The minimum atomic E-state index is 0.219. The summed E-state index contributed by atoms with van der Waals surface area (Å²) in [6.45, 7) is 0.